The molecule has 1 saturated carbocycles. The summed E-state index contributed by atoms with van der Waals surface area (Å²) in [5.74, 6) is -0.578. The van der Waals surface area contributed by atoms with Crippen molar-refractivity contribution in [1.82, 2.24) is 4.90 Å². The number of fused-ring (bicyclic) bond motifs is 1. The number of benzene rings is 1. The summed E-state index contributed by atoms with van der Waals surface area (Å²) in [6.45, 7) is 2.12. The molecule has 3 N–H and O–H groups in total. The summed E-state index contributed by atoms with van der Waals surface area (Å²) in [6, 6.07) is 5.51. The maximum Gasteiger partial charge on any atom is 0.138 e. The highest BCUT2D eigenvalue weighted by molar-refractivity contribution is 5.95. The summed E-state index contributed by atoms with van der Waals surface area (Å²) in [7, 11) is 0. The van der Waals surface area contributed by atoms with E-state index in [1.54, 1.807) is 18.2 Å². The molecule has 108 valence electrons. The van der Waals surface area contributed by atoms with E-state index in [4.69, 9.17) is 15.9 Å². The normalized spacial score (nSPS) is 26.4. The molecule has 1 aliphatic heterocycles. The topological polar surface area (TPSA) is 62.3 Å². The smallest absolute Gasteiger partial charge is 0.138 e. The number of rotatable bonds is 3. The first kappa shape index (κ1) is 13.5. The lowest BCUT2D eigenvalue weighted by atomic mass is 10.1. The van der Waals surface area contributed by atoms with Gasteiger partial charge < -0.3 is 10.5 Å². The number of nitrogens with two attached hydrogens (primary N) is 1. The maximum absolute atomic E-state index is 14.3. The first-order chi connectivity index (χ1) is 9.66. The molecular formula is C15H20FN3O. The number of morpholine rings is 1. The van der Waals surface area contributed by atoms with E-state index in [0.29, 0.717) is 24.3 Å². The summed E-state index contributed by atoms with van der Waals surface area (Å²) < 4.78 is 20.1. The quantitative estimate of drug-likeness (QED) is 0.655. The predicted molar refractivity (Wildman–Crippen MR) is 75.2 cm³/mol. The van der Waals surface area contributed by atoms with Gasteiger partial charge in [-0.25, -0.2) is 4.39 Å². The minimum atomic E-state index is -0.360. The van der Waals surface area contributed by atoms with Crippen molar-refractivity contribution >= 4 is 5.84 Å². The van der Waals surface area contributed by atoms with Crippen LogP contribution in [-0.4, -0.2) is 36.0 Å². The van der Waals surface area contributed by atoms with Gasteiger partial charge in [-0.1, -0.05) is 12.1 Å². The van der Waals surface area contributed by atoms with Gasteiger partial charge in [-0.15, -0.1) is 0 Å². The van der Waals surface area contributed by atoms with Crippen LogP contribution >= 0.6 is 0 Å². The van der Waals surface area contributed by atoms with Crippen molar-refractivity contribution in [2.45, 2.75) is 38.0 Å². The SMILES string of the molecule is N=C(N)c1cccc(CN2CCOC3CCCC32)c1F. The molecule has 0 spiro atoms. The fourth-order valence-corrected chi connectivity index (χ4v) is 3.33. The number of nitrogens with zero attached hydrogens (tertiary/aromatic N) is 1. The second kappa shape index (κ2) is 5.50. The van der Waals surface area contributed by atoms with Crippen LogP contribution in [0.1, 0.15) is 30.4 Å². The minimum absolute atomic E-state index is 0.193. The highest BCUT2D eigenvalue weighted by Crippen LogP contribution is 2.31. The number of amidine groups is 1. The lowest BCUT2D eigenvalue weighted by molar-refractivity contribution is -0.0591. The molecule has 0 amide bonds. The zero-order chi connectivity index (χ0) is 14.1. The number of hydrogen-bond acceptors (Lipinski definition) is 3. The Labute approximate surface area is 118 Å². The molecule has 2 aliphatic rings. The highest BCUT2D eigenvalue weighted by atomic mass is 19.1. The van der Waals surface area contributed by atoms with Gasteiger partial charge in [0.1, 0.15) is 11.7 Å². The zero-order valence-corrected chi connectivity index (χ0v) is 11.4. The van der Waals surface area contributed by atoms with Gasteiger partial charge in [-0.2, -0.15) is 0 Å². The molecule has 0 aromatic heterocycles. The fourth-order valence-electron chi connectivity index (χ4n) is 3.33. The Bertz CT molecular complexity index is 520. The first-order valence-corrected chi connectivity index (χ1v) is 7.14. The van der Waals surface area contributed by atoms with Gasteiger partial charge in [0.15, 0.2) is 0 Å². The van der Waals surface area contributed by atoms with Gasteiger partial charge in [0, 0.05) is 24.7 Å². The van der Waals surface area contributed by atoms with Crippen molar-refractivity contribution < 1.29 is 9.13 Å². The molecule has 4 nitrogen and oxygen atoms in total. The number of hydrogen-bond donors (Lipinski definition) is 2. The van der Waals surface area contributed by atoms with Crippen LogP contribution in [0.4, 0.5) is 4.39 Å². The molecule has 1 aromatic carbocycles. The summed E-state index contributed by atoms with van der Waals surface area (Å²) in [5.41, 5.74) is 6.22. The van der Waals surface area contributed by atoms with E-state index in [1.807, 2.05) is 0 Å². The summed E-state index contributed by atoms with van der Waals surface area (Å²) in [5, 5.41) is 7.41. The lowest BCUT2D eigenvalue weighted by Gasteiger charge is -2.37. The molecule has 2 unspecified atom stereocenters. The Morgan fingerprint density at radius 3 is 3.10 bits per heavy atom. The molecule has 0 bridgehead atoms. The van der Waals surface area contributed by atoms with Crippen molar-refractivity contribution in [3.8, 4) is 0 Å². The second-order valence-corrected chi connectivity index (χ2v) is 5.57. The molecule has 1 aromatic rings. The third kappa shape index (κ3) is 2.43. The van der Waals surface area contributed by atoms with E-state index in [2.05, 4.69) is 4.90 Å². The molecule has 5 heteroatoms. The van der Waals surface area contributed by atoms with Crippen LogP contribution in [0.5, 0.6) is 0 Å². The van der Waals surface area contributed by atoms with Crippen LogP contribution in [0.2, 0.25) is 0 Å². The summed E-state index contributed by atoms with van der Waals surface area (Å²) in [6.07, 6.45) is 3.72. The van der Waals surface area contributed by atoms with Crippen molar-refractivity contribution in [3.63, 3.8) is 0 Å². The van der Waals surface area contributed by atoms with Gasteiger partial charge in [-0.3, -0.25) is 10.3 Å². The summed E-state index contributed by atoms with van der Waals surface area (Å²) in [4.78, 5) is 2.31. The van der Waals surface area contributed by atoms with E-state index in [-0.39, 0.29) is 17.2 Å². The Balaban J connectivity index is 1.80. The van der Waals surface area contributed by atoms with E-state index < -0.39 is 0 Å². The number of nitrogen functional groups attached to an aromatic ring is 1. The highest BCUT2D eigenvalue weighted by Gasteiger charge is 2.36. The zero-order valence-electron chi connectivity index (χ0n) is 11.4. The maximum atomic E-state index is 14.3. The number of nitrogens with one attached hydrogen (secondary N) is 1. The Morgan fingerprint density at radius 1 is 1.45 bits per heavy atom. The van der Waals surface area contributed by atoms with E-state index in [0.717, 1.165) is 26.0 Å². The van der Waals surface area contributed by atoms with Gasteiger partial charge >= 0.3 is 0 Å². The second-order valence-electron chi connectivity index (χ2n) is 5.57. The van der Waals surface area contributed by atoms with Crippen LogP contribution in [0.15, 0.2) is 18.2 Å². The van der Waals surface area contributed by atoms with E-state index in [9.17, 15) is 4.39 Å². The molecule has 1 saturated heterocycles. The third-order valence-electron chi connectivity index (χ3n) is 4.34. The van der Waals surface area contributed by atoms with Crippen LogP contribution in [0.25, 0.3) is 0 Å². The molecule has 2 atom stereocenters. The Morgan fingerprint density at radius 2 is 2.30 bits per heavy atom. The van der Waals surface area contributed by atoms with E-state index >= 15 is 0 Å². The number of halogens is 1. The van der Waals surface area contributed by atoms with Crippen LogP contribution in [0.3, 0.4) is 0 Å². The van der Waals surface area contributed by atoms with Crippen LogP contribution in [-0.2, 0) is 11.3 Å². The fraction of sp³-hybridized carbons (Fsp3) is 0.533. The largest absolute Gasteiger partial charge is 0.384 e. The van der Waals surface area contributed by atoms with Gasteiger partial charge in [-0.05, 0) is 25.3 Å². The standard InChI is InChI=1S/C15H20FN3O/c16-14-10(3-1-4-11(14)15(17)18)9-19-7-8-20-13-6-2-5-12(13)19/h1,3-4,12-13H,2,5-9H2,(H3,17,18). The van der Waals surface area contributed by atoms with Crippen molar-refractivity contribution in [2.24, 2.45) is 5.73 Å². The Hall–Kier alpha value is -1.46. The van der Waals surface area contributed by atoms with Crippen LogP contribution < -0.4 is 5.73 Å². The van der Waals surface area contributed by atoms with Crippen molar-refractivity contribution in [3.05, 3.63) is 35.1 Å². The van der Waals surface area contributed by atoms with Gasteiger partial charge in [0.05, 0.1) is 18.3 Å². The molecule has 1 heterocycles. The third-order valence-corrected chi connectivity index (χ3v) is 4.34. The molecule has 1 aliphatic carbocycles. The van der Waals surface area contributed by atoms with Crippen molar-refractivity contribution in [1.29, 1.82) is 5.41 Å². The average Bonchev–Trinajstić information content (AvgIpc) is 2.90. The van der Waals surface area contributed by atoms with Crippen molar-refractivity contribution in [2.75, 3.05) is 13.2 Å². The molecular weight excluding hydrogens is 257 g/mol. The predicted octanol–water partition coefficient (Wildman–Crippen LogP) is 1.86. The minimum Gasteiger partial charge on any atom is -0.384 e. The monoisotopic (exact) mass is 277 g/mol. The molecule has 20 heavy (non-hydrogen) atoms. The average molecular weight is 277 g/mol. The first-order valence-electron chi connectivity index (χ1n) is 7.14. The Kier molecular flexibility index (Phi) is 3.72. The summed E-state index contributed by atoms with van der Waals surface area (Å²) >= 11 is 0. The van der Waals surface area contributed by atoms with Gasteiger partial charge in [0.25, 0.3) is 0 Å². The molecule has 2 fully saturated rings. The lowest BCUT2D eigenvalue weighted by Crippen LogP contribution is -2.48. The molecule has 3 rings (SSSR count). The van der Waals surface area contributed by atoms with Crippen LogP contribution in [0, 0.1) is 11.2 Å². The number of ether oxygens (including phenoxy) is 1. The van der Waals surface area contributed by atoms with Gasteiger partial charge in [0.2, 0.25) is 0 Å². The van der Waals surface area contributed by atoms with E-state index in [1.165, 1.54) is 6.42 Å². The molecule has 0 radical (unpaired) electrons.